The lowest BCUT2D eigenvalue weighted by Gasteiger charge is -2.60. The maximum absolute atomic E-state index is 12.7. The van der Waals surface area contributed by atoms with Gasteiger partial charge >= 0.3 is 0 Å². The number of halogens is 2. The largest absolute Gasteiger partial charge is 0.323 e. The summed E-state index contributed by atoms with van der Waals surface area (Å²) in [6.45, 7) is 5.83. The van der Waals surface area contributed by atoms with Gasteiger partial charge in [0, 0.05) is 29.5 Å². The van der Waals surface area contributed by atoms with Gasteiger partial charge in [-0.25, -0.2) is 0 Å². The van der Waals surface area contributed by atoms with Gasteiger partial charge in [0.2, 0.25) is 11.7 Å². The number of hydrogen-bond donors (Lipinski definition) is 1. The molecule has 1 amide bonds. The number of carbonyl (C=O) groups excluding carboxylic acids is 3. The fourth-order valence-electron chi connectivity index (χ4n) is 6.81. The summed E-state index contributed by atoms with van der Waals surface area (Å²) in [7, 11) is 0. The Bertz CT molecular complexity index is 834. The molecular formula is C22H27Br2NO3. The van der Waals surface area contributed by atoms with Crippen LogP contribution in [0.2, 0.25) is 0 Å². The Balaban J connectivity index is 1.87. The van der Waals surface area contributed by atoms with E-state index in [-0.39, 0.29) is 22.5 Å². The average molecular weight is 513 g/mol. The van der Waals surface area contributed by atoms with Gasteiger partial charge in [-0.05, 0) is 55.1 Å². The van der Waals surface area contributed by atoms with Gasteiger partial charge in [0.05, 0.1) is 10.0 Å². The molecule has 4 aliphatic carbocycles. The Morgan fingerprint density at radius 3 is 2.61 bits per heavy atom. The van der Waals surface area contributed by atoms with E-state index in [1.807, 2.05) is 0 Å². The number of rotatable bonds is 2. The van der Waals surface area contributed by atoms with Crippen LogP contribution in [0.3, 0.4) is 0 Å². The zero-order valence-electron chi connectivity index (χ0n) is 16.6. The quantitative estimate of drug-likeness (QED) is 0.555. The summed E-state index contributed by atoms with van der Waals surface area (Å²) in [6.07, 6.45) is 8.11. The summed E-state index contributed by atoms with van der Waals surface area (Å²) in [5, 5.41) is 3.49. The van der Waals surface area contributed by atoms with Crippen molar-refractivity contribution >= 4 is 49.3 Å². The molecule has 0 aromatic heterocycles. The highest BCUT2D eigenvalue weighted by atomic mass is 79.9. The van der Waals surface area contributed by atoms with Crippen LogP contribution in [-0.2, 0) is 14.4 Å². The second-order valence-corrected chi connectivity index (χ2v) is 11.6. The first-order valence-electron chi connectivity index (χ1n) is 10.1. The first-order chi connectivity index (χ1) is 13.1. The van der Waals surface area contributed by atoms with Crippen LogP contribution in [0.15, 0.2) is 23.4 Å². The molecule has 0 aromatic rings. The second-order valence-electron chi connectivity index (χ2n) is 9.51. The Hall–Kier alpha value is -0.750. The summed E-state index contributed by atoms with van der Waals surface area (Å²) in [5.41, 5.74) is 0.906. The molecule has 0 bridgehead atoms. The fourth-order valence-corrected chi connectivity index (χ4v) is 8.32. The molecule has 4 aliphatic rings. The van der Waals surface area contributed by atoms with E-state index >= 15 is 0 Å². The number of fused-ring (bicyclic) bond motifs is 5. The van der Waals surface area contributed by atoms with E-state index in [4.69, 9.17) is 0 Å². The second kappa shape index (κ2) is 6.63. The van der Waals surface area contributed by atoms with Crippen molar-refractivity contribution in [3.8, 4) is 0 Å². The maximum atomic E-state index is 12.7. The van der Waals surface area contributed by atoms with E-state index in [1.54, 1.807) is 6.08 Å². The molecule has 4 nitrogen and oxygen atoms in total. The fraction of sp³-hybridized carbons (Fsp3) is 0.682. The summed E-state index contributed by atoms with van der Waals surface area (Å²) in [5.74, 6) is 1.23. The minimum atomic E-state index is -0.426. The predicted octanol–water partition coefficient (Wildman–Crippen LogP) is 4.47. The van der Waals surface area contributed by atoms with Crippen molar-refractivity contribution in [3.63, 3.8) is 0 Å². The average Bonchev–Trinajstić information content (AvgIpc) is 2.93. The van der Waals surface area contributed by atoms with Crippen LogP contribution < -0.4 is 5.32 Å². The minimum absolute atomic E-state index is 0.136. The molecule has 3 fully saturated rings. The van der Waals surface area contributed by atoms with Crippen LogP contribution in [0.25, 0.3) is 0 Å². The third-order valence-electron chi connectivity index (χ3n) is 8.05. The van der Waals surface area contributed by atoms with Crippen molar-refractivity contribution in [3.05, 3.63) is 23.4 Å². The summed E-state index contributed by atoms with van der Waals surface area (Å²) < 4.78 is -0.426. The molecule has 0 spiro atoms. The van der Waals surface area contributed by atoms with Crippen molar-refractivity contribution in [2.45, 2.75) is 57.2 Å². The van der Waals surface area contributed by atoms with Gasteiger partial charge < -0.3 is 5.32 Å². The molecule has 0 aliphatic heterocycles. The van der Waals surface area contributed by atoms with Crippen molar-refractivity contribution in [1.82, 2.24) is 5.32 Å². The first kappa shape index (κ1) is 20.5. The monoisotopic (exact) mass is 511 g/mol. The third kappa shape index (κ3) is 2.69. The SMILES string of the molecule is CC(=O)NC1=C2C(Br)(CBr)C[C@@H]3[C@H](CC[C@]4(C)C(=O)CC[C@@H]34)[C@@]2(C)C=CC1=O. The van der Waals surface area contributed by atoms with Gasteiger partial charge in [-0.2, -0.15) is 0 Å². The Kier molecular flexibility index (Phi) is 4.86. The number of amides is 1. The summed E-state index contributed by atoms with van der Waals surface area (Å²) in [4.78, 5) is 37.3. The van der Waals surface area contributed by atoms with Crippen LogP contribution in [-0.4, -0.2) is 27.1 Å². The zero-order chi connectivity index (χ0) is 20.5. The van der Waals surface area contributed by atoms with E-state index < -0.39 is 4.32 Å². The molecule has 0 radical (unpaired) electrons. The number of nitrogens with one attached hydrogen (secondary N) is 1. The normalized spacial score (nSPS) is 44.8. The highest BCUT2D eigenvalue weighted by Crippen LogP contribution is 2.67. The van der Waals surface area contributed by atoms with Crippen molar-refractivity contribution in [1.29, 1.82) is 0 Å². The smallest absolute Gasteiger partial charge is 0.221 e. The van der Waals surface area contributed by atoms with Crippen LogP contribution in [0.1, 0.15) is 52.9 Å². The molecule has 28 heavy (non-hydrogen) atoms. The van der Waals surface area contributed by atoms with Crippen LogP contribution >= 0.6 is 31.9 Å². The lowest BCUT2D eigenvalue weighted by molar-refractivity contribution is -0.132. The lowest BCUT2D eigenvalue weighted by atomic mass is 9.46. The highest BCUT2D eigenvalue weighted by molar-refractivity contribution is 9.12. The number of Topliss-reactive ketones (excluding diaryl/α,β-unsaturated/α-hetero) is 1. The van der Waals surface area contributed by atoms with Gasteiger partial charge in [-0.1, -0.05) is 51.8 Å². The predicted molar refractivity (Wildman–Crippen MR) is 115 cm³/mol. The number of allylic oxidation sites excluding steroid dienone is 3. The first-order valence-corrected chi connectivity index (χ1v) is 12.0. The maximum Gasteiger partial charge on any atom is 0.221 e. The van der Waals surface area contributed by atoms with E-state index in [0.717, 1.165) is 31.3 Å². The standard InChI is InChI=1S/C22H27Br2NO3/c1-12(26)25-18-16(27)7-9-21(3)15-6-8-20(2)14(4-5-17(20)28)13(15)10-22(24,11-23)19(18)21/h7,9,13-15H,4-6,8,10-11H2,1-3H3,(H,25,26)/t13-,14-,15-,20-,21+,22?/m0/s1. The van der Waals surface area contributed by atoms with Gasteiger partial charge in [0.25, 0.3) is 0 Å². The number of alkyl halides is 2. The lowest BCUT2D eigenvalue weighted by Crippen LogP contribution is -2.57. The molecule has 0 aromatic carbocycles. The molecule has 1 unspecified atom stereocenters. The van der Waals surface area contributed by atoms with Crippen molar-refractivity contribution in [2.24, 2.45) is 28.6 Å². The van der Waals surface area contributed by atoms with Crippen LogP contribution in [0.5, 0.6) is 0 Å². The topological polar surface area (TPSA) is 63.2 Å². The Morgan fingerprint density at radius 1 is 1.25 bits per heavy atom. The molecule has 0 heterocycles. The van der Waals surface area contributed by atoms with Gasteiger partial charge in [-0.3, -0.25) is 14.4 Å². The number of ketones is 2. The van der Waals surface area contributed by atoms with E-state index in [9.17, 15) is 14.4 Å². The van der Waals surface area contributed by atoms with E-state index in [2.05, 4.69) is 57.1 Å². The molecule has 3 saturated carbocycles. The van der Waals surface area contributed by atoms with Gasteiger partial charge in [0.15, 0.2) is 0 Å². The summed E-state index contributed by atoms with van der Waals surface area (Å²) in [6, 6.07) is 0. The van der Waals surface area contributed by atoms with Gasteiger partial charge in [0.1, 0.15) is 5.78 Å². The Morgan fingerprint density at radius 2 is 1.96 bits per heavy atom. The molecule has 6 atom stereocenters. The molecular weight excluding hydrogens is 486 g/mol. The molecule has 0 saturated heterocycles. The van der Waals surface area contributed by atoms with E-state index in [1.165, 1.54) is 6.92 Å². The van der Waals surface area contributed by atoms with E-state index in [0.29, 0.717) is 41.0 Å². The zero-order valence-corrected chi connectivity index (χ0v) is 19.8. The molecule has 4 rings (SSSR count). The third-order valence-corrected chi connectivity index (χ3v) is 10.8. The van der Waals surface area contributed by atoms with Gasteiger partial charge in [-0.15, -0.1) is 0 Å². The number of hydrogen-bond acceptors (Lipinski definition) is 3. The number of carbonyl (C=O) groups is 3. The van der Waals surface area contributed by atoms with Crippen LogP contribution in [0.4, 0.5) is 0 Å². The molecule has 6 heteroatoms. The highest BCUT2D eigenvalue weighted by Gasteiger charge is 2.63. The molecule has 152 valence electrons. The summed E-state index contributed by atoms with van der Waals surface area (Å²) >= 11 is 7.68. The van der Waals surface area contributed by atoms with Crippen molar-refractivity contribution < 1.29 is 14.4 Å². The minimum Gasteiger partial charge on any atom is -0.323 e. The van der Waals surface area contributed by atoms with Crippen LogP contribution in [0, 0.1) is 28.6 Å². The molecule has 1 N–H and O–H groups in total. The Labute approximate surface area is 183 Å². The van der Waals surface area contributed by atoms with Crippen molar-refractivity contribution in [2.75, 3.05) is 5.33 Å².